The van der Waals surface area contributed by atoms with E-state index in [9.17, 15) is 19.2 Å². The van der Waals surface area contributed by atoms with E-state index in [1.807, 2.05) is 0 Å². The van der Waals surface area contributed by atoms with Gasteiger partial charge in [0.25, 0.3) is 0 Å². The fourth-order valence-electron chi connectivity index (χ4n) is 1.72. The molecule has 0 bridgehead atoms. The standard InChI is InChI=1S/C14H27N7O5/c1-7(15)11(23)21-9(4-3-5-18-14(16)17)12(24)19-6-10(22)20-8(2)13(25)26/h7-9H,3-6,15H2,1-2H3,(H,19,24)(H,20,22)(H,21,23)(H,25,26)(H4,16,17,18). The fourth-order valence-corrected chi connectivity index (χ4v) is 1.72. The lowest BCUT2D eigenvalue weighted by Crippen LogP contribution is -2.52. The summed E-state index contributed by atoms with van der Waals surface area (Å²) in [7, 11) is 0. The number of aliphatic imine (C=N–C) groups is 1. The topological polar surface area (TPSA) is 215 Å². The molecule has 3 amide bonds. The molecule has 148 valence electrons. The minimum Gasteiger partial charge on any atom is -0.480 e. The number of carboxylic acid groups (broad SMARTS) is 1. The molecule has 12 nitrogen and oxygen atoms in total. The predicted molar refractivity (Wildman–Crippen MR) is 93.7 cm³/mol. The summed E-state index contributed by atoms with van der Waals surface area (Å²) < 4.78 is 0. The first kappa shape index (κ1) is 23.1. The molecule has 0 aliphatic rings. The Morgan fingerprint density at radius 3 is 2.19 bits per heavy atom. The maximum Gasteiger partial charge on any atom is 0.325 e. The minimum atomic E-state index is -1.20. The first-order chi connectivity index (χ1) is 12.0. The summed E-state index contributed by atoms with van der Waals surface area (Å²) in [6, 6.07) is -2.84. The number of nitrogens with two attached hydrogens (primary N) is 3. The maximum absolute atomic E-state index is 12.2. The van der Waals surface area contributed by atoms with Crippen LogP contribution in [0.1, 0.15) is 26.7 Å². The average Bonchev–Trinajstić information content (AvgIpc) is 2.54. The van der Waals surface area contributed by atoms with Gasteiger partial charge in [0.2, 0.25) is 17.7 Å². The Hall–Kier alpha value is -2.89. The second-order valence-corrected chi connectivity index (χ2v) is 5.64. The van der Waals surface area contributed by atoms with E-state index in [2.05, 4.69) is 20.9 Å². The molecule has 0 heterocycles. The molecule has 26 heavy (non-hydrogen) atoms. The highest BCUT2D eigenvalue weighted by Crippen LogP contribution is 1.99. The van der Waals surface area contributed by atoms with Crippen molar-refractivity contribution in [2.75, 3.05) is 13.1 Å². The lowest BCUT2D eigenvalue weighted by atomic mass is 10.1. The summed E-state index contributed by atoms with van der Waals surface area (Å²) in [5, 5.41) is 15.7. The van der Waals surface area contributed by atoms with Crippen molar-refractivity contribution in [2.45, 2.75) is 44.8 Å². The highest BCUT2D eigenvalue weighted by Gasteiger charge is 2.23. The third kappa shape index (κ3) is 10.1. The van der Waals surface area contributed by atoms with Gasteiger partial charge in [0.1, 0.15) is 12.1 Å². The van der Waals surface area contributed by atoms with Gasteiger partial charge >= 0.3 is 5.97 Å². The molecule has 0 aliphatic heterocycles. The van der Waals surface area contributed by atoms with Gasteiger partial charge < -0.3 is 38.3 Å². The Labute approximate surface area is 150 Å². The van der Waals surface area contributed by atoms with Crippen LogP contribution >= 0.6 is 0 Å². The molecular weight excluding hydrogens is 346 g/mol. The Balaban J connectivity index is 4.66. The van der Waals surface area contributed by atoms with E-state index in [1.54, 1.807) is 0 Å². The van der Waals surface area contributed by atoms with Crippen LogP contribution in [0.4, 0.5) is 0 Å². The van der Waals surface area contributed by atoms with Crippen LogP contribution in [0.15, 0.2) is 4.99 Å². The zero-order chi connectivity index (χ0) is 20.3. The van der Waals surface area contributed by atoms with E-state index in [-0.39, 0.29) is 18.9 Å². The number of rotatable bonds is 11. The van der Waals surface area contributed by atoms with E-state index >= 15 is 0 Å². The molecule has 0 fully saturated rings. The number of hydrogen-bond donors (Lipinski definition) is 7. The molecule has 0 rings (SSSR count). The van der Waals surface area contributed by atoms with Gasteiger partial charge in [-0.1, -0.05) is 0 Å². The molecule has 10 N–H and O–H groups in total. The van der Waals surface area contributed by atoms with Crippen molar-refractivity contribution >= 4 is 29.7 Å². The number of carbonyl (C=O) groups excluding carboxylic acids is 3. The zero-order valence-electron chi connectivity index (χ0n) is 14.8. The first-order valence-corrected chi connectivity index (χ1v) is 7.95. The maximum atomic E-state index is 12.2. The quantitative estimate of drug-likeness (QED) is 0.110. The van der Waals surface area contributed by atoms with Gasteiger partial charge in [-0.3, -0.25) is 24.2 Å². The van der Waals surface area contributed by atoms with Crippen LogP contribution < -0.4 is 33.2 Å². The van der Waals surface area contributed by atoms with Crippen LogP contribution in [0, 0.1) is 0 Å². The molecule has 0 saturated heterocycles. The van der Waals surface area contributed by atoms with Crippen LogP contribution in [-0.2, 0) is 19.2 Å². The summed E-state index contributed by atoms with van der Waals surface area (Å²) in [6.45, 7) is 2.58. The summed E-state index contributed by atoms with van der Waals surface area (Å²) in [5.74, 6) is -3.11. The summed E-state index contributed by atoms with van der Waals surface area (Å²) in [6.07, 6.45) is 0.617. The van der Waals surface area contributed by atoms with Crippen molar-refractivity contribution in [1.29, 1.82) is 0 Å². The number of guanidine groups is 1. The number of nitrogens with one attached hydrogen (secondary N) is 3. The second kappa shape index (κ2) is 11.6. The van der Waals surface area contributed by atoms with E-state index in [4.69, 9.17) is 22.3 Å². The number of carboxylic acids is 1. The van der Waals surface area contributed by atoms with Crippen molar-refractivity contribution < 1.29 is 24.3 Å². The van der Waals surface area contributed by atoms with Crippen molar-refractivity contribution in [3.8, 4) is 0 Å². The molecule has 3 atom stereocenters. The Kier molecular flexibility index (Phi) is 10.3. The number of amides is 3. The van der Waals surface area contributed by atoms with Crippen molar-refractivity contribution in [2.24, 2.45) is 22.2 Å². The van der Waals surface area contributed by atoms with E-state index in [0.717, 1.165) is 0 Å². The third-order valence-corrected chi connectivity index (χ3v) is 3.16. The lowest BCUT2D eigenvalue weighted by molar-refractivity contribution is -0.141. The molecule has 0 radical (unpaired) electrons. The van der Waals surface area contributed by atoms with Gasteiger partial charge in [0, 0.05) is 6.54 Å². The summed E-state index contributed by atoms with van der Waals surface area (Å²) >= 11 is 0. The molecule has 0 aromatic heterocycles. The van der Waals surface area contributed by atoms with Gasteiger partial charge in [-0.25, -0.2) is 0 Å². The molecule has 0 spiro atoms. The lowest BCUT2D eigenvalue weighted by Gasteiger charge is -2.19. The third-order valence-electron chi connectivity index (χ3n) is 3.16. The van der Waals surface area contributed by atoms with Crippen molar-refractivity contribution in [3.63, 3.8) is 0 Å². The molecule has 0 aliphatic carbocycles. The van der Waals surface area contributed by atoms with E-state index in [0.29, 0.717) is 6.42 Å². The highest BCUT2D eigenvalue weighted by molar-refractivity contribution is 5.92. The molecule has 0 aromatic rings. The number of carbonyl (C=O) groups is 4. The summed E-state index contributed by atoms with van der Waals surface area (Å²) in [4.78, 5) is 50.0. The van der Waals surface area contributed by atoms with E-state index in [1.165, 1.54) is 13.8 Å². The van der Waals surface area contributed by atoms with Crippen molar-refractivity contribution in [3.05, 3.63) is 0 Å². The smallest absolute Gasteiger partial charge is 0.325 e. The number of hydrogen-bond acceptors (Lipinski definition) is 6. The number of aliphatic carboxylic acids is 1. The summed E-state index contributed by atoms with van der Waals surface area (Å²) in [5.41, 5.74) is 15.9. The van der Waals surface area contributed by atoms with Crippen LogP contribution in [0.25, 0.3) is 0 Å². The predicted octanol–water partition coefficient (Wildman–Crippen LogP) is -3.42. The normalized spacial score (nSPS) is 13.7. The number of nitrogens with zero attached hydrogens (tertiary/aromatic N) is 1. The SMILES string of the molecule is CC(N)C(=O)NC(CCCN=C(N)N)C(=O)NCC(=O)NC(C)C(=O)O. The van der Waals surface area contributed by atoms with Gasteiger partial charge in [-0.15, -0.1) is 0 Å². The monoisotopic (exact) mass is 373 g/mol. The van der Waals surface area contributed by atoms with Crippen LogP contribution in [0.5, 0.6) is 0 Å². The van der Waals surface area contributed by atoms with Crippen LogP contribution in [0.2, 0.25) is 0 Å². The van der Waals surface area contributed by atoms with Gasteiger partial charge in [-0.05, 0) is 26.7 Å². The molecule has 12 heteroatoms. The highest BCUT2D eigenvalue weighted by atomic mass is 16.4. The minimum absolute atomic E-state index is 0.0881. The molecule has 0 saturated carbocycles. The van der Waals surface area contributed by atoms with Crippen molar-refractivity contribution in [1.82, 2.24) is 16.0 Å². The van der Waals surface area contributed by atoms with Crippen LogP contribution in [0.3, 0.4) is 0 Å². The van der Waals surface area contributed by atoms with Gasteiger partial charge in [0.15, 0.2) is 5.96 Å². The average molecular weight is 373 g/mol. The largest absolute Gasteiger partial charge is 0.480 e. The van der Waals surface area contributed by atoms with Crippen LogP contribution in [-0.4, -0.2) is 66.0 Å². The second-order valence-electron chi connectivity index (χ2n) is 5.64. The molecular formula is C14H27N7O5. The Bertz CT molecular complexity index is 546. The Morgan fingerprint density at radius 2 is 1.69 bits per heavy atom. The Morgan fingerprint density at radius 1 is 1.08 bits per heavy atom. The molecule has 0 aromatic carbocycles. The first-order valence-electron chi connectivity index (χ1n) is 7.95. The van der Waals surface area contributed by atoms with Gasteiger partial charge in [-0.2, -0.15) is 0 Å². The zero-order valence-corrected chi connectivity index (χ0v) is 14.8. The van der Waals surface area contributed by atoms with Gasteiger partial charge in [0.05, 0.1) is 12.6 Å². The fraction of sp³-hybridized carbons (Fsp3) is 0.643. The van der Waals surface area contributed by atoms with E-state index < -0.39 is 48.4 Å². The molecule has 3 unspecified atom stereocenters.